The number of rotatable bonds is 5. The SMILES string of the molecule is COc1cc(OC)c(C(=O)Oc2c(C)cc(Br)cc2Cl)cc1OC. The fourth-order valence-corrected chi connectivity index (χ4v) is 3.16. The molecule has 2 aromatic rings. The van der Waals surface area contributed by atoms with E-state index in [0.29, 0.717) is 28.0 Å². The van der Waals surface area contributed by atoms with Crippen molar-refractivity contribution in [1.29, 1.82) is 0 Å². The first-order chi connectivity index (χ1) is 11.4. The van der Waals surface area contributed by atoms with Gasteiger partial charge in [-0.15, -0.1) is 0 Å². The molecule has 128 valence electrons. The lowest BCUT2D eigenvalue weighted by Crippen LogP contribution is -2.12. The number of methoxy groups -OCH3 is 3. The molecule has 24 heavy (non-hydrogen) atoms. The molecule has 0 aliphatic rings. The molecule has 0 fully saturated rings. The summed E-state index contributed by atoms with van der Waals surface area (Å²) in [5.41, 5.74) is 0.927. The van der Waals surface area contributed by atoms with Gasteiger partial charge < -0.3 is 18.9 Å². The number of hydrogen-bond acceptors (Lipinski definition) is 5. The van der Waals surface area contributed by atoms with Crippen LogP contribution in [-0.4, -0.2) is 27.3 Å². The molecule has 0 radical (unpaired) electrons. The highest BCUT2D eigenvalue weighted by Crippen LogP contribution is 2.37. The number of halogens is 2. The first-order valence-corrected chi connectivity index (χ1v) is 8.06. The van der Waals surface area contributed by atoms with Gasteiger partial charge >= 0.3 is 5.97 Å². The van der Waals surface area contributed by atoms with Crippen LogP contribution >= 0.6 is 27.5 Å². The maximum Gasteiger partial charge on any atom is 0.347 e. The summed E-state index contributed by atoms with van der Waals surface area (Å²) in [6.45, 7) is 1.80. The molecule has 0 aliphatic heterocycles. The fraction of sp³-hybridized carbons (Fsp3) is 0.235. The van der Waals surface area contributed by atoms with Gasteiger partial charge in [0.15, 0.2) is 17.2 Å². The van der Waals surface area contributed by atoms with Gasteiger partial charge in [-0.05, 0) is 24.6 Å². The largest absolute Gasteiger partial charge is 0.496 e. The Labute approximate surface area is 153 Å². The first-order valence-electron chi connectivity index (χ1n) is 6.89. The van der Waals surface area contributed by atoms with E-state index in [1.54, 1.807) is 25.1 Å². The smallest absolute Gasteiger partial charge is 0.347 e. The molecule has 0 aromatic heterocycles. The predicted octanol–water partition coefficient (Wildman–Crippen LogP) is 4.66. The normalized spacial score (nSPS) is 10.2. The lowest BCUT2D eigenvalue weighted by Gasteiger charge is -2.14. The van der Waals surface area contributed by atoms with Crippen LogP contribution < -0.4 is 18.9 Å². The van der Waals surface area contributed by atoms with Gasteiger partial charge in [-0.2, -0.15) is 0 Å². The molecule has 5 nitrogen and oxygen atoms in total. The molecule has 0 bridgehead atoms. The third-order valence-electron chi connectivity index (χ3n) is 3.31. The van der Waals surface area contributed by atoms with E-state index in [1.165, 1.54) is 27.4 Å². The van der Waals surface area contributed by atoms with Crippen LogP contribution in [0.25, 0.3) is 0 Å². The van der Waals surface area contributed by atoms with Crippen LogP contribution in [0, 0.1) is 6.92 Å². The summed E-state index contributed by atoms with van der Waals surface area (Å²) < 4.78 is 21.9. The van der Waals surface area contributed by atoms with Crippen molar-refractivity contribution in [3.63, 3.8) is 0 Å². The minimum atomic E-state index is -0.611. The van der Waals surface area contributed by atoms with Crippen LogP contribution in [0.3, 0.4) is 0 Å². The molecule has 7 heteroatoms. The van der Waals surface area contributed by atoms with E-state index in [0.717, 1.165) is 10.0 Å². The minimum absolute atomic E-state index is 0.202. The molecule has 0 N–H and O–H groups in total. The highest BCUT2D eigenvalue weighted by molar-refractivity contribution is 9.10. The maximum absolute atomic E-state index is 12.6. The number of ether oxygens (including phenoxy) is 4. The molecular formula is C17H16BrClO5. The van der Waals surface area contributed by atoms with Crippen molar-refractivity contribution in [1.82, 2.24) is 0 Å². The average molecular weight is 416 g/mol. The van der Waals surface area contributed by atoms with Crippen LogP contribution in [0.15, 0.2) is 28.7 Å². The molecule has 2 aromatic carbocycles. The lowest BCUT2D eigenvalue weighted by atomic mass is 10.1. The predicted molar refractivity (Wildman–Crippen MR) is 94.9 cm³/mol. The Balaban J connectivity index is 2.43. The quantitative estimate of drug-likeness (QED) is 0.525. The molecule has 0 unspecified atom stereocenters. The second-order valence-corrected chi connectivity index (χ2v) is 6.15. The number of carbonyl (C=O) groups is 1. The van der Waals surface area contributed by atoms with Crippen LogP contribution in [0.4, 0.5) is 0 Å². The van der Waals surface area contributed by atoms with Gasteiger partial charge in [0.1, 0.15) is 11.3 Å². The second kappa shape index (κ2) is 7.77. The average Bonchev–Trinajstić information content (AvgIpc) is 2.56. The van der Waals surface area contributed by atoms with Crippen LogP contribution in [0.5, 0.6) is 23.0 Å². The van der Waals surface area contributed by atoms with E-state index in [2.05, 4.69) is 15.9 Å². The van der Waals surface area contributed by atoms with Crippen molar-refractivity contribution in [3.05, 3.63) is 44.9 Å². The van der Waals surface area contributed by atoms with E-state index in [1.807, 2.05) is 0 Å². The minimum Gasteiger partial charge on any atom is -0.496 e. The van der Waals surface area contributed by atoms with Gasteiger partial charge in [0, 0.05) is 16.6 Å². The number of carbonyl (C=O) groups excluding carboxylic acids is 1. The summed E-state index contributed by atoms with van der Waals surface area (Å²) in [6, 6.07) is 6.52. The molecular weight excluding hydrogens is 400 g/mol. The van der Waals surface area contributed by atoms with Gasteiger partial charge in [-0.1, -0.05) is 27.5 Å². The van der Waals surface area contributed by atoms with Crippen molar-refractivity contribution in [2.24, 2.45) is 0 Å². The Bertz CT molecular complexity index is 753. The van der Waals surface area contributed by atoms with E-state index in [4.69, 9.17) is 30.5 Å². The van der Waals surface area contributed by atoms with Crippen LogP contribution in [-0.2, 0) is 0 Å². The highest BCUT2D eigenvalue weighted by atomic mass is 79.9. The van der Waals surface area contributed by atoms with Gasteiger partial charge in [0.25, 0.3) is 0 Å². The summed E-state index contributed by atoms with van der Waals surface area (Å²) in [6.07, 6.45) is 0. The monoisotopic (exact) mass is 414 g/mol. The zero-order chi connectivity index (χ0) is 17.9. The molecule has 2 rings (SSSR count). The number of aryl methyl sites for hydroxylation is 1. The van der Waals surface area contributed by atoms with Gasteiger partial charge in [-0.25, -0.2) is 4.79 Å². The molecule has 0 saturated heterocycles. The van der Waals surface area contributed by atoms with Crippen LogP contribution in [0.1, 0.15) is 15.9 Å². The summed E-state index contributed by atoms with van der Waals surface area (Å²) in [5, 5.41) is 0.328. The van der Waals surface area contributed by atoms with Crippen molar-refractivity contribution in [2.75, 3.05) is 21.3 Å². The van der Waals surface area contributed by atoms with Gasteiger partial charge in [0.05, 0.1) is 26.4 Å². The first kappa shape index (κ1) is 18.4. The lowest BCUT2D eigenvalue weighted by molar-refractivity contribution is 0.0729. The fourth-order valence-electron chi connectivity index (χ4n) is 2.15. The molecule has 0 amide bonds. The van der Waals surface area contributed by atoms with E-state index in [9.17, 15) is 4.79 Å². The van der Waals surface area contributed by atoms with Crippen molar-refractivity contribution >= 4 is 33.5 Å². The van der Waals surface area contributed by atoms with Gasteiger partial charge in [-0.3, -0.25) is 0 Å². The van der Waals surface area contributed by atoms with E-state index < -0.39 is 5.97 Å². The summed E-state index contributed by atoms with van der Waals surface area (Å²) in [7, 11) is 4.44. The summed E-state index contributed by atoms with van der Waals surface area (Å²) >= 11 is 9.50. The zero-order valence-electron chi connectivity index (χ0n) is 13.6. The standard InChI is InChI=1S/C17H16BrClO5/c1-9-5-10(18)6-12(19)16(9)24-17(20)11-7-14(22-3)15(23-4)8-13(11)21-2/h5-8H,1-4H3. The van der Waals surface area contributed by atoms with E-state index in [-0.39, 0.29) is 5.56 Å². The molecule has 0 aliphatic carbocycles. The van der Waals surface area contributed by atoms with Crippen molar-refractivity contribution < 1.29 is 23.7 Å². The second-order valence-electron chi connectivity index (χ2n) is 4.83. The Morgan fingerprint density at radius 1 is 0.958 bits per heavy atom. The molecule has 0 saturated carbocycles. The molecule has 0 atom stereocenters. The Morgan fingerprint density at radius 3 is 2.08 bits per heavy atom. The Kier molecular flexibility index (Phi) is 5.96. The third-order valence-corrected chi connectivity index (χ3v) is 4.05. The Hall–Kier alpha value is -1.92. The number of benzene rings is 2. The number of esters is 1. The number of hydrogen-bond donors (Lipinski definition) is 0. The van der Waals surface area contributed by atoms with Crippen molar-refractivity contribution in [3.8, 4) is 23.0 Å². The van der Waals surface area contributed by atoms with Gasteiger partial charge in [0.2, 0.25) is 0 Å². The summed E-state index contributed by atoms with van der Waals surface area (Å²) in [4.78, 5) is 12.6. The van der Waals surface area contributed by atoms with E-state index >= 15 is 0 Å². The zero-order valence-corrected chi connectivity index (χ0v) is 15.9. The van der Waals surface area contributed by atoms with Crippen LogP contribution in [0.2, 0.25) is 5.02 Å². The highest BCUT2D eigenvalue weighted by Gasteiger charge is 2.21. The molecule has 0 spiro atoms. The maximum atomic E-state index is 12.6. The topological polar surface area (TPSA) is 54.0 Å². The van der Waals surface area contributed by atoms with Crippen molar-refractivity contribution in [2.45, 2.75) is 6.92 Å². The Morgan fingerprint density at radius 2 is 1.54 bits per heavy atom. The third kappa shape index (κ3) is 3.76. The molecule has 0 heterocycles. The summed E-state index contributed by atoms with van der Waals surface area (Å²) in [5.74, 6) is 0.831.